The van der Waals surface area contributed by atoms with Crippen LogP contribution in [-0.2, 0) is 13.0 Å². The van der Waals surface area contributed by atoms with E-state index < -0.39 is 0 Å². The summed E-state index contributed by atoms with van der Waals surface area (Å²) < 4.78 is 13.6. The van der Waals surface area contributed by atoms with Crippen LogP contribution in [0.15, 0.2) is 67.0 Å². The molecule has 0 saturated carbocycles. The summed E-state index contributed by atoms with van der Waals surface area (Å²) >= 11 is 1.48. The highest BCUT2D eigenvalue weighted by molar-refractivity contribution is 7.15. The summed E-state index contributed by atoms with van der Waals surface area (Å²) in [5.74, 6) is 2.58. The molecule has 0 radical (unpaired) electrons. The van der Waals surface area contributed by atoms with E-state index in [1.54, 1.807) is 43.8 Å². The molecule has 42 heavy (non-hydrogen) atoms. The average Bonchev–Trinajstić information content (AvgIpc) is 3.63. The SMILES string of the molecule is CCc1cnc(NC(=O)c2ccc(Oc3ccnc4c3c(N[C@@H]3CCCNC3)nn4Cc3ccc(OC)cc3)cc2)s1. The number of aryl methyl sites for hydroxylation is 1. The first kappa shape index (κ1) is 27.7. The Bertz CT molecular complexity index is 1660. The van der Waals surface area contributed by atoms with Crippen LogP contribution in [0.4, 0.5) is 10.9 Å². The molecule has 0 spiro atoms. The molecule has 5 aromatic rings. The third-order valence-corrected chi connectivity index (χ3v) is 8.25. The van der Waals surface area contributed by atoms with Crippen molar-refractivity contribution in [3.8, 4) is 17.2 Å². The van der Waals surface area contributed by atoms with Gasteiger partial charge in [-0.05, 0) is 67.8 Å². The van der Waals surface area contributed by atoms with Crippen LogP contribution in [-0.4, -0.2) is 51.9 Å². The number of pyridine rings is 1. The van der Waals surface area contributed by atoms with Gasteiger partial charge in [0.2, 0.25) is 0 Å². The van der Waals surface area contributed by atoms with E-state index in [4.69, 9.17) is 19.6 Å². The Kier molecular flexibility index (Phi) is 8.29. The molecule has 0 unspecified atom stereocenters. The summed E-state index contributed by atoms with van der Waals surface area (Å²) in [6.07, 6.45) is 6.57. The van der Waals surface area contributed by atoms with E-state index in [0.29, 0.717) is 28.7 Å². The van der Waals surface area contributed by atoms with Crippen molar-refractivity contribution in [2.24, 2.45) is 0 Å². The number of hydrogen-bond donors (Lipinski definition) is 3. The van der Waals surface area contributed by atoms with Gasteiger partial charge in [0.1, 0.15) is 22.6 Å². The minimum Gasteiger partial charge on any atom is -0.497 e. The molecule has 1 saturated heterocycles. The van der Waals surface area contributed by atoms with Crippen LogP contribution in [0.1, 0.15) is 40.6 Å². The number of amides is 1. The molecule has 3 aromatic heterocycles. The molecule has 1 fully saturated rings. The maximum absolute atomic E-state index is 12.8. The normalized spacial score (nSPS) is 15.0. The minimum atomic E-state index is -0.211. The van der Waals surface area contributed by atoms with Gasteiger partial charge >= 0.3 is 0 Å². The zero-order valence-electron chi connectivity index (χ0n) is 23.6. The highest BCUT2D eigenvalue weighted by Gasteiger charge is 2.21. The summed E-state index contributed by atoms with van der Waals surface area (Å²) in [4.78, 5) is 22.8. The van der Waals surface area contributed by atoms with Crippen molar-refractivity contribution in [1.82, 2.24) is 25.1 Å². The third-order valence-electron chi connectivity index (χ3n) is 7.19. The number of hydrogen-bond acceptors (Lipinski definition) is 9. The zero-order valence-corrected chi connectivity index (χ0v) is 24.4. The van der Waals surface area contributed by atoms with Crippen LogP contribution in [0.25, 0.3) is 11.0 Å². The second-order valence-corrected chi connectivity index (χ2v) is 11.2. The summed E-state index contributed by atoms with van der Waals surface area (Å²) in [6, 6.07) is 17.1. The van der Waals surface area contributed by atoms with Crippen molar-refractivity contribution in [2.45, 2.75) is 38.8 Å². The van der Waals surface area contributed by atoms with Crippen LogP contribution in [0, 0.1) is 0 Å². The van der Waals surface area contributed by atoms with E-state index in [2.05, 4.69) is 27.9 Å². The highest BCUT2D eigenvalue weighted by atomic mass is 32.1. The summed E-state index contributed by atoms with van der Waals surface area (Å²) in [5, 5.41) is 16.3. The summed E-state index contributed by atoms with van der Waals surface area (Å²) in [7, 11) is 1.66. The van der Waals surface area contributed by atoms with Gasteiger partial charge in [0.25, 0.3) is 5.91 Å². The Hall–Kier alpha value is -4.48. The Labute approximate surface area is 248 Å². The van der Waals surface area contributed by atoms with E-state index in [9.17, 15) is 4.79 Å². The van der Waals surface area contributed by atoms with Crippen molar-refractivity contribution in [1.29, 1.82) is 0 Å². The Morgan fingerprint density at radius 1 is 1.10 bits per heavy atom. The second kappa shape index (κ2) is 12.6. The van der Waals surface area contributed by atoms with Crippen LogP contribution in [0.5, 0.6) is 17.2 Å². The highest BCUT2D eigenvalue weighted by Crippen LogP contribution is 2.35. The maximum Gasteiger partial charge on any atom is 0.257 e. The van der Waals surface area contributed by atoms with Gasteiger partial charge < -0.3 is 20.1 Å². The third kappa shape index (κ3) is 6.22. The van der Waals surface area contributed by atoms with E-state index in [-0.39, 0.29) is 11.9 Å². The summed E-state index contributed by atoms with van der Waals surface area (Å²) in [5.41, 5.74) is 2.33. The Morgan fingerprint density at radius 3 is 2.62 bits per heavy atom. The van der Waals surface area contributed by atoms with Gasteiger partial charge in [0, 0.05) is 41.5 Å². The van der Waals surface area contributed by atoms with Gasteiger partial charge in [0.05, 0.1) is 13.7 Å². The first-order valence-electron chi connectivity index (χ1n) is 14.1. The van der Waals surface area contributed by atoms with Gasteiger partial charge in [-0.25, -0.2) is 14.6 Å². The molecule has 3 N–H and O–H groups in total. The molecule has 11 heteroatoms. The molecule has 216 valence electrons. The molecule has 0 bridgehead atoms. The van der Waals surface area contributed by atoms with Crippen molar-refractivity contribution in [3.05, 3.63) is 83.0 Å². The lowest BCUT2D eigenvalue weighted by molar-refractivity contribution is 0.102. The first-order chi connectivity index (χ1) is 20.6. The number of piperidine rings is 1. The van der Waals surface area contributed by atoms with Crippen LogP contribution in [0.2, 0.25) is 0 Å². The molecule has 4 heterocycles. The molecule has 1 aliphatic rings. The fraction of sp³-hybridized carbons (Fsp3) is 0.290. The largest absolute Gasteiger partial charge is 0.497 e. The number of nitrogens with one attached hydrogen (secondary N) is 3. The van der Waals surface area contributed by atoms with Gasteiger partial charge in [-0.3, -0.25) is 10.1 Å². The zero-order chi connectivity index (χ0) is 28.9. The smallest absolute Gasteiger partial charge is 0.257 e. The quantitative estimate of drug-likeness (QED) is 0.191. The number of benzene rings is 2. The lowest BCUT2D eigenvalue weighted by Gasteiger charge is -2.23. The number of ether oxygens (including phenoxy) is 2. The van der Waals surface area contributed by atoms with E-state index >= 15 is 0 Å². The Balaban J connectivity index is 1.26. The number of nitrogens with zero attached hydrogens (tertiary/aromatic N) is 4. The van der Waals surface area contributed by atoms with Gasteiger partial charge in [-0.2, -0.15) is 5.10 Å². The molecule has 2 aromatic carbocycles. The predicted molar refractivity (Wildman–Crippen MR) is 165 cm³/mol. The number of rotatable bonds is 10. The number of fused-ring (bicyclic) bond motifs is 1. The number of carbonyl (C=O) groups is 1. The molecule has 6 rings (SSSR count). The number of aromatic nitrogens is 4. The van der Waals surface area contributed by atoms with E-state index in [1.807, 2.05) is 35.0 Å². The van der Waals surface area contributed by atoms with Gasteiger partial charge in [-0.1, -0.05) is 19.1 Å². The fourth-order valence-electron chi connectivity index (χ4n) is 4.94. The van der Waals surface area contributed by atoms with Gasteiger partial charge in [-0.15, -0.1) is 11.3 Å². The van der Waals surface area contributed by atoms with Crippen molar-refractivity contribution in [2.75, 3.05) is 30.8 Å². The number of anilines is 2. The number of carbonyl (C=O) groups excluding carboxylic acids is 1. The predicted octanol–water partition coefficient (Wildman–Crippen LogP) is 5.72. The van der Waals surface area contributed by atoms with Crippen molar-refractivity contribution < 1.29 is 14.3 Å². The van der Waals surface area contributed by atoms with Crippen LogP contribution in [0.3, 0.4) is 0 Å². The minimum absolute atomic E-state index is 0.211. The number of thiazole rings is 1. The van der Waals surface area contributed by atoms with E-state index in [1.165, 1.54) is 11.3 Å². The Morgan fingerprint density at radius 2 is 1.90 bits per heavy atom. The molecule has 1 amide bonds. The number of methoxy groups -OCH3 is 1. The average molecular weight is 584 g/mol. The molecule has 1 atom stereocenters. The second-order valence-electron chi connectivity index (χ2n) is 10.1. The molecule has 10 nitrogen and oxygen atoms in total. The first-order valence-corrected chi connectivity index (χ1v) is 14.9. The lowest BCUT2D eigenvalue weighted by Crippen LogP contribution is -2.38. The molecule has 1 aliphatic heterocycles. The molecular weight excluding hydrogens is 550 g/mol. The van der Waals surface area contributed by atoms with Crippen LogP contribution >= 0.6 is 11.3 Å². The van der Waals surface area contributed by atoms with Crippen molar-refractivity contribution >= 4 is 39.2 Å². The standard InChI is InChI=1S/C31H33N7O3S/c1-3-25-18-34-31(42-25)36-30(39)21-8-12-24(13-9-21)41-26-14-16-33-29-27(26)28(35-22-5-4-15-32-17-22)37-38(29)19-20-6-10-23(40-2)11-7-20/h6-14,16,18,22,32H,3-5,15,17,19H2,1-2H3,(H,35,37)(H,34,36,39)/t22-/m1/s1. The van der Waals surface area contributed by atoms with E-state index in [0.717, 1.165) is 65.4 Å². The monoisotopic (exact) mass is 583 g/mol. The summed E-state index contributed by atoms with van der Waals surface area (Å²) in [6.45, 7) is 4.50. The molecule has 0 aliphatic carbocycles. The van der Waals surface area contributed by atoms with Gasteiger partial charge in [0.15, 0.2) is 16.6 Å². The van der Waals surface area contributed by atoms with Crippen LogP contribution < -0.4 is 25.4 Å². The lowest BCUT2D eigenvalue weighted by atomic mass is 10.1. The van der Waals surface area contributed by atoms with Crippen molar-refractivity contribution in [3.63, 3.8) is 0 Å². The fourth-order valence-corrected chi connectivity index (χ4v) is 5.69. The maximum atomic E-state index is 12.8. The molecular formula is C31H33N7O3S. The topological polar surface area (TPSA) is 115 Å².